The van der Waals surface area contributed by atoms with Crippen LogP contribution >= 0.6 is 0 Å². The van der Waals surface area contributed by atoms with E-state index in [1.807, 2.05) is 20.8 Å². The van der Waals surface area contributed by atoms with E-state index in [-0.39, 0.29) is 18.0 Å². The summed E-state index contributed by atoms with van der Waals surface area (Å²) in [5.41, 5.74) is 0. The van der Waals surface area contributed by atoms with Crippen LogP contribution in [0.2, 0.25) is 0 Å². The Kier molecular flexibility index (Phi) is 5.76. The van der Waals surface area contributed by atoms with Crippen molar-refractivity contribution >= 4 is 5.97 Å². The average Bonchev–Trinajstić information content (AvgIpc) is 2.02. The van der Waals surface area contributed by atoms with Crippen LogP contribution in [0.3, 0.4) is 0 Å². The van der Waals surface area contributed by atoms with Gasteiger partial charge in [-0.2, -0.15) is 0 Å². The molecule has 0 N–H and O–H groups in total. The third-order valence-corrected chi connectivity index (χ3v) is 2.12. The van der Waals surface area contributed by atoms with Gasteiger partial charge in [-0.05, 0) is 25.7 Å². The summed E-state index contributed by atoms with van der Waals surface area (Å²) < 4.78 is 5.22. The van der Waals surface area contributed by atoms with Gasteiger partial charge in [0.05, 0.1) is 12.0 Å². The molecule has 78 valence electrons. The highest BCUT2D eigenvalue weighted by molar-refractivity contribution is 5.72. The third kappa shape index (κ3) is 5.67. The molecule has 0 aromatic carbocycles. The van der Waals surface area contributed by atoms with Crippen LogP contribution in [0.4, 0.5) is 0 Å². The number of carbonyl (C=O) groups excluding carboxylic acids is 1. The smallest absolute Gasteiger partial charge is 0.308 e. The van der Waals surface area contributed by atoms with Crippen LogP contribution in [0.5, 0.6) is 0 Å². The fraction of sp³-hybridized carbons (Fsp3) is 0.909. The maximum atomic E-state index is 11.4. The molecule has 0 heterocycles. The second kappa shape index (κ2) is 6.01. The van der Waals surface area contributed by atoms with Crippen molar-refractivity contribution in [3.05, 3.63) is 0 Å². The minimum atomic E-state index is -0.0527. The van der Waals surface area contributed by atoms with Gasteiger partial charge in [0.15, 0.2) is 0 Å². The summed E-state index contributed by atoms with van der Waals surface area (Å²) in [6.45, 7) is 10.1. The molecule has 0 radical (unpaired) electrons. The fourth-order valence-corrected chi connectivity index (χ4v) is 1.20. The summed E-state index contributed by atoms with van der Waals surface area (Å²) in [6, 6.07) is 0. The summed E-state index contributed by atoms with van der Waals surface area (Å²) in [5, 5.41) is 0. The van der Waals surface area contributed by atoms with Gasteiger partial charge in [0, 0.05) is 0 Å². The zero-order chi connectivity index (χ0) is 10.4. The van der Waals surface area contributed by atoms with Crippen LogP contribution in [-0.2, 0) is 9.53 Å². The predicted octanol–water partition coefficient (Wildman–Crippen LogP) is 3.01. The molecule has 0 aliphatic rings. The van der Waals surface area contributed by atoms with Gasteiger partial charge in [-0.1, -0.05) is 27.7 Å². The Hall–Kier alpha value is -0.530. The van der Waals surface area contributed by atoms with Gasteiger partial charge in [-0.25, -0.2) is 0 Å². The number of hydrogen-bond donors (Lipinski definition) is 0. The lowest BCUT2D eigenvalue weighted by Crippen LogP contribution is -2.21. The number of rotatable bonds is 5. The van der Waals surface area contributed by atoms with Crippen LogP contribution < -0.4 is 0 Å². The highest BCUT2D eigenvalue weighted by Crippen LogP contribution is 2.13. The van der Waals surface area contributed by atoms with Crippen molar-refractivity contribution in [3.8, 4) is 0 Å². The number of esters is 1. The van der Waals surface area contributed by atoms with Crippen molar-refractivity contribution in [2.45, 2.75) is 53.6 Å². The van der Waals surface area contributed by atoms with Gasteiger partial charge in [0.25, 0.3) is 0 Å². The molecule has 0 saturated heterocycles. The van der Waals surface area contributed by atoms with Crippen molar-refractivity contribution in [2.75, 3.05) is 0 Å². The first-order valence-corrected chi connectivity index (χ1v) is 5.17. The van der Waals surface area contributed by atoms with Gasteiger partial charge >= 0.3 is 5.97 Å². The Bertz CT molecular complexity index is 152. The van der Waals surface area contributed by atoms with E-state index in [1.165, 1.54) is 0 Å². The van der Waals surface area contributed by atoms with E-state index in [0.29, 0.717) is 5.92 Å². The van der Waals surface area contributed by atoms with Crippen LogP contribution in [0, 0.1) is 11.8 Å². The molecule has 0 rings (SSSR count). The number of hydrogen-bond acceptors (Lipinski definition) is 2. The molecule has 0 aliphatic carbocycles. The third-order valence-electron chi connectivity index (χ3n) is 2.12. The van der Waals surface area contributed by atoms with Gasteiger partial charge in [0.1, 0.15) is 0 Å². The lowest BCUT2D eigenvalue weighted by molar-refractivity contribution is -0.153. The van der Waals surface area contributed by atoms with Crippen molar-refractivity contribution < 1.29 is 9.53 Å². The maximum Gasteiger partial charge on any atom is 0.308 e. The van der Waals surface area contributed by atoms with E-state index in [1.54, 1.807) is 0 Å². The highest BCUT2D eigenvalue weighted by Gasteiger charge is 2.17. The quantitative estimate of drug-likeness (QED) is 0.617. The van der Waals surface area contributed by atoms with E-state index in [2.05, 4.69) is 13.8 Å². The Labute approximate surface area is 81.7 Å². The van der Waals surface area contributed by atoms with E-state index < -0.39 is 0 Å². The summed E-state index contributed by atoms with van der Waals surface area (Å²) >= 11 is 0. The lowest BCUT2D eigenvalue weighted by atomic mass is 9.99. The van der Waals surface area contributed by atoms with Gasteiger partial charge < -0.3 is 4.74 Å². The standard InChI is InChI=1S/C11H22O2/c1-6-10(5)13-11(12)9(4)7-8(2)3/h8-10H,6-7H2,1-5H3. The molecule has 0 spiro atoms. The monoisotopic (exact) mass is 186 g/mol. The SMILES string of the molecule is CCC(C)OC(=O)C(C)CC(C)C. The summed E-state index contributed by atoms with van der Waals surface area (Å²) in [6.07, 6.45) is 1.86. The second-order valence-electron chi connectivity index (χ2n) is 4.19. The molecule has 2 unspecified atom stereocenters. The van der Waals surface area contributed by atoms with Gasteiger partial charge in [-0.15, -0.1) is 0 Å². The molecule has 0 fully saturated rings. The van der Waals surface area contributed by atoms with Crippen molar-refractivity contribution in [1.29, 1.82) is 0 Å². The summed E-state index contributed by atoms with van der Waals surface area (Å²) in [7, 11) is 0. The Morgan fingerprint density at radius 3 is 2.15 bits per heavy atom. The van der Waals surface area contributed by atoms with E-state index in [9.17, 15) is 4.79 Å². The molecule has 0 saturated carbocycles. The van der Waals surface area contributed by atoms with Gasteiger partial charge in [0.2, 0.25) is 0 Å². The minimum Gasteiger partial charge on any atom is -0.462 e. The first-order valence-electron chi connectivity index (χ1n) is 5.17. The van der Waals surface area contributed by atoms with E-state index >= 15 is 0 Å². The van der Waals surface area contributed by atoms with Crippen molar-refractivity contribution in [3.63, 3.8) is 0 Å². The molecular weight excluding hydrogens is 164 g/mol. The zero-order valence-corrected chi connectivity index (χ0v) is 9.46. The van der Waals surface area contributed by atoms with Crippen LogP contribution in [0.25, 0.3) is 0 Å². The average molecular weight is 186 g/mol. The topological polar surface area (TPSA) is 26.3 Å². The van der Waals surface area contributed by atoms with Gasteiger partial charge in [-0.3, -0.25) is 4.79 Å². The number of carbonyl (C=O) groups is 1. The molecule has 13 heavy (non-hydrogen) atoms. The molecule has 0 amide bonds. The van der Waals surface area contributed by atoms with E-state index in [0.717, 1.165) is 12.8 Å². The summed E-state index contributed by atoms with van der Waals surface area (Å²) in [4.78, 5) is 11.4. The molecule has 0 aromatic heterocycles. The van der Waals surface area contributed by atoms with E-state index in [4.69, 9.17) is 4.74 Å². The Balaban J connectivity index is 3.82. The van der Waals surface area contributed by atoms with Crippen LogP contribution in [-0.4, -0.2) is 12.1 Å². The Morgan fingerprint density at radius 1 is 1.23 bits per heavy atom. The first kappa shape index (κ1) is 12.5. The second-order valence-corrected chi connectivity index (χ2v) is 4.19. The lowest BCUT2D eigenvalue weighted by Gasteiger charge is -2.16. The predicted molar refractivity (Wildman–Crippen MR) is 54.5 cm³/mol. The van der Waals surface area contributed by atoms with Crippen LogP contribution in [0.15, 0.2) is 0 Å². The Morgan fingerprint density at radius 2 is 1.77 bits per heavy atom. The molecular formula is C11H22O2. The molecule has 0 aromatic rings. The minimum absolute atomic E-state index is 0.0361. The first-order chi connectivity index (χ1) is 5.97. The molecule has 0 bridgehead atoms. The molecule has 0 aliphatic heterocycles. The van der Waals surface area contributed by atoms with Crippen LogP contribution in [0.1, 0.15) is 47.5 Å². The highest BCUT2D eigenvalue weighted by atomic mass is 16.5. The maximum absolute atomic E-state index is 11.4. The molecule has 2 heteroatoms. The van der Waals surface area contributed by atoms with Crippen molar-refractivity contribution in [1.82, 2.24) is 0 Å². The largest absolute Gasteiger partial charge is 0.462 e. The zero-order valence-electron chi connectivity index (χ0n) is 9.46. The number of ether oxygens (including phenoxy) is 1. The van der Waals surface area contributed by atoms with Crippen molar-refractivity contribution in [2.24, 2.45) is 11.8 Å². The summed E-state index contributed by atoms with van der Waals surface area (Å²) in [5.74, 6) is 0.538. The molecule has 2 nitrogen and oxygen atoms in total. The normalized spacial score (nSPS) is 15.5. The molecule has 2 atom stereocenters. The fourth-order valence-electron chi connectivity index (χ4n) is 1.20.